The average Bonchev–Trinajstić information content (AvgIpc) is 3.11. The van der Waals surface area contributed by atoms with E-state index in [1.165, 1.54) is 16.7 Å². The summed E-state index contributed by atoms with van der Waals surface area (Å²) < 4.78 is 12.0. The van der Waals surface area contributed by atoms with Gasteiger partial charge in [0.15, 0.2) is 0 Å². The summed E-state index contributed by atoms with van der Waals surface area (Å²) in [5.41, 5.74) is 7.67. The van der Waals surface area contributed by atoms with Gasteiger partial charge in [-0.05, 0) is 68.4 Å². The standard InChI is InChI=1S/C29H40N2O3/c1-18(2)22-8-10-23(11-9-22)26-25-21(5)27(19(3)20(4)28(25)34-29(26,6)7)30-24(32)12-13-31-14-16-33-17-15-31/h8-11,18,26H,12-17H2,1-7H3,(H,30,32). The number of nitrogens with zero attached hydrogens (tertiary/aromatic N) is 1. The van der Waals surface area contributed by atoms with Crippen LogP contribution in [0, 0.1) is 20.8 Å². The normalized spacial score (nSPS) is 19.7. The number of rotatable bonds is 6. The molecule has 1 atom stereocenters. The Labute approximate surface area is 204 Å². The van der Waals surface area contributed by atoms with Crippen LogP contribution in [0.5, 0.6) is 5.75 Å². The molecule has 0 aliphatic carbocycles. The maximum absolute atomic E-state index is 13.0. The summed E-state index contributed by atoms with van der Waals surface area (Å²) in [5, 5.41) is 3.26. The van der Waals surface area contributed by atoms with Gasteiger partial charge >= 0.3 is 0 Å². The van der Waals surface area contributed by atoms with E-state index in [0.29, 0.717) is 12.3 Å². The number of anilines is 1. The molecule has 184 valence electrons. The van der Waals surface area contributed by atoms with Crippen LogP contribution in [0.15, 0.2) is 24.3 Å². The number of fused-ring (bicyclic) bond motifs is 1. The Balaban J connectivity index is 1.64. The zero-order chi connectivity index (χ0) is 24.6. The van der Waals surface area contributed by atoms with Crippen molar-refractivity contribution in [3.05, 3.63) is 57.6 Å². The van der Waals surface area contributed by atoms with Crippen molar-refractivity contribution in [3.63, 3.8) is 0 Å². The largest absolute Gasteiger partial charge is 0.486 e. The van der Waals surface area contributed by atoms with Crippen molar-refractivity contribution in [2.45, 2.75) is 72.3 Å². The van der Waals surface area contributed by atoms with E-state index >= 15 is 0 Å². The Morgan fingerprint density at radius 3 is 2.32 bits per heavy atom. The maximum Gasteiger partial charge on any atom is 0.225 e. The summed E-state index contributed by atoms with van der Waals surface area (Å²) in [5.74, 6) is 1.64. The van der Waals surface area contributed by atoms with Crippen molar-refractivity contribution in [2.24, 2.45) is 0 Å². The molecule has 2 aliphatic heterocycles. The molecule has 1 saturated heterocycles. The third kappa shape index (κ3) is 4.73. The van der Waals surface area contributed by atoms with E-state index in [1.54, 1.807) is 0 Å². The van der Waals surface area contributed by atoms with E-state index in [2.05, 4.69) is 82.9 Å². The molecule has 1 amide bonds. The van der Waals surface area contributed by atoms with Crippen LogP contribution in [0.3, 0.4) is 0 Å². The average molecular weight is 465 g/mol. The monoisotopic (exact) mass is 464 g/mol. The third-order valence-electron chi connectivity index (χ3n) is 7.61. The van der Waals surface area contributed by atoms with Crippen LogP contribution in [-0.4, -0.2) is 49.3 Å². The lowest BCUT2D eigenvalue weighted by atomic mass is 9.78. The first-order valence-corrected chi connectivity index (χ1v) is 12.6. The van der Waals surface area contributed by atoms with Crippen molar-refractivity contribution in [2.75, 3.05) is 38.2 Å². The number of amides is 1. The maximum atomic E-state index is 13.0. The molecule has 2 heterocycles. The fraction of sp³-hybridized carbons (Fsp3) is 0.552. The fourth-order valence-corrected chi connectivity index (χ4v) is 5.41. The molecule has 0 bridgehead atoms. The molecule has 0 spiro atoms. The minimum absolute atomic E-state index is 0.0630. The van der Waals surface area contributed by atoms with Crippen LogP contribution in [0.25, 0.3) is 0 Å². The van der Waals surface area contributed by atoms with Gasteiger partial charge in [0.1, 0.15) is 11.4 Å². The zero-order valence-electron chi connectivity index (χ0n) is 21.9. The van der Waals surface area contributed by atoms with Crippen LogP contribution in [-0.2, 0) is 9.53 Å². The number of benzene rings is 2. The van der Waals surface area contributed by atoms with Gasteiger partial charge in [-0.1, -0.05) is 38.1 Å². The second-order valence-corrected chi connectivity index (χ2v) is 10.7. The van der Waals surface area contributed by atoms with E-state index in [9.17, 15) is 4.79 Å². The first kappa shape index (κ1) is 24.7. The Morgan fingerprint density at radius 1 is 1.06 bits per heavy atom. The van der Waals surface area contributed by atoms with Gasteiger partial charge in [-0.25, -0.2) is 0 Å². The van der Waals surface area contributed by atoms with Crippen molar-refractivity contribution in [3.8, 4) is 5.75 Å². The zero-order valence-corrected chi connectivity index (χ0v) is 21.9. The van der Waals surface area contributed by atoms with Crippen LogP contribution >= 0.6 is 0 Å². The molecule has 2 aromatic rings. The first-order chi connectivity index (χ1) is 16.1. The first-order valence-electron chi connectivity index (χ1n) is 12.6. The number of hydrogen-bond donors (Lipinski definition) is 1. The Morgan fingerprint density at radius 2 is 1.71 bits per heavy atom. The molecule has 5 nitrogen and oxygen atoms in total. The van der Waals surface area contributed by atoms with Gasteiger partial charge in [0.25, 0.3) is 0 Å². The molecule has 2 aliphatic rings. The smallest absolute Gasteiger partial charge is 0.225 e. The summed E-state index contributed by atoms with van der Waals surface area (Å²) in [6.07, 6.45) is 0.483. The quantitative estimate of drug-likeness (QED) is 0.596. The molecular weight excluding hydrogens is 424 g/mol. The number of hydrogen-bond acceptors (Lipinski definition) is 4. The van der Waals surface area contributed by atoms with Gasteiger partial charge in [0.05, 0.1) is 19.1 Å². The van der Waals surface area contributed by atoms with Crippen molar-refractivity contribution in [1.29, 1.82) is 0 Å². The lowest BCUT2D eigenvalue weighted by Gasteiger charge is -2.28. The summed E-state index contributed by atoms with van der Waals surface area (Å²) >= 11 is 0. The van der Waals surface area contributed by atoms with E-state index in [-0.39, 0.29) is 17.4 Å². The SMILES string of the molecule is Cc1c(C)c2c(c(C)c1NC(=O)CCN1CCOCC1)C(c1ccc(C(C)C)cc1)C(C)(C)O2. The predicted octanol–water partition coefficient (Wildman–Crippen LogP) is 5.70. The topological polar surface area (TPSA) is 50.8 Å². The number of ether oxygens (including phenoxy) is 2. The van der Waals surface area contributed by atoms with E-state index < -0.39 is 0 Å². The number of nitrogens with one attached hydrogen (secondary N) is 1. The van der Waals surface area contributed by atoms with Crippen LogP contribution < -0.4 is 10.1 Å². The van der Waals surface area contributed by atoms with Gasteiger partial charge < -0.3 is 14.8 Å². The molecule has 1 N–H and O–H groups in total. The van der Waals surface area contributed by atoms with Gasteiger partial charge in [-0.15, -0.1) is 0 Å². The van der Waals surface area contributed by atoms with Gasteiger partial charge in [-0.3, -0.25) is 9.69 Å². The second-order valence-electron chi connectivity index (χ2n) is 10.7. The highest BCUT2D eigenvalue weighted by Gasteiger charge is 2.45. The molecule has 0 radical (unpaired) electrons. The Hall–Kier alpha value is -2.37. The molecule has 0 aromatic heterocycles. The fourth-order valence-electron chi connectivity index (χ4n) is 5.41. The Kier molecular flexibility index (Phi) is 7.07. The molecule has 1 unspecified atom stereocenters. The molecule has 4 rings (SSSR count). The van der Waals surface area contributed by atoms with E-state index in [1.807, 2.05) is 0 Å². The van der Waals surface area contributed by atoms with Crippen molar-refractivity contribution in [1.82, 2.24) is 4.90 Å². The molecule has 2 aromatic carbocycles. The second kappa shape index (κ2) is 9.71. The van der Waals surface area contributed by atoms with Crippen LogP contribution in [0.4, 0.5) is 5.69 Å². The summed E-state index contributed by atoms with van der Waals surface area (Å²) in [6.45, 7) is 19.2. The summed E-state index contributed by atoms with van der Waals surface area (Å²) in [7, 11) is 0. The number of carbonyl (C=O) groups excluding carboxylic acids is 1. The highest BCUT2D eigenvalue weighted by molar-refractivity contribution is 5.93. The molecule has 34 heavy (non-hydrogen) atoms. The lowest BCUT2D eigenvalue weighted by Crippen LogP contribution is -2.38. The minimum atomic E-state index is -0.372. The van der Waals surface area contributed by atoms with Gasteiger partial charge in [0, 0.05) is 37.3 Å². The predicted molar refractivity (Wildman–Crippen MR) is 138 cm³/mol. The summed E-state index contributed by atoms with van der Waals surface area (Å²) in [4.78, 5) is 15.2. The minimum Gasteiger partial charge on any atom is -0.486 e. The summed E-state index contributed by atoms with van der Waals surface area (Å²) in [6, 6.07) is 8.96. The van der Waals surface area contributed by atoms with Crippen LogP contribution in [0.2, 0.25) is 0 Å². The van der Waals surface area contributed by atoms with Gasteiger partial charge in [0.2, 0.25) is 5.91 Å². The molecular formula is C29H40N2O3. The number of carbonyl (C=O) groups is 1. The number of morpholine rings is 1. The highest BCUT2D eigenvalue weighted by Crippen LogP contribution is 2.53. The Bertz CT molecular complexity index is 1050. The molecule has 1 fully saturated rings. The van der Waals surface area contributed by atoms with Gasteiger partial charge in [-0.2, -0.15) is 0 Å². The van der Waals surface area contributed by atoms with Crippen molar-refractivity contribution < 1.29 is 14.3 Å². The van der Waals surface area contributed by atoms with E-state index in [4.69, 9.17) is 9.47 Å². The third-order valence-corrected chi connectivity index (χ3v) is 7.61. The van der Waals surface area contributed by atoms with Crippen LogP contribution in [0.1, 0.15) is 79.3 Å². The van der Waals surface area contributed by atoms with E-state index in [0.717, 1.165) is 61.0 Å². The molecule has 0 saturated carbocycles. The molecule has 5 heteroatoms. The van der Waals surface area contributed by atoms with Crippen molar-refractivity contribution >= 4 is 11.6 Å². The highest BCUT2D eigenvalue weighted by atomic mass is 16.5. The lowest BCUT2D eigenvalue weighted by molar-refractivity contribution is -0.116.